The molecule has 0 aliphatic rings. The van der Waals surface area contributed by atoms with Crippen LogP contribution in [0, 0.1) is 11.6 Å². The van der Waals surface area contributed by atoms with Crippen molar-refractivity contribution in [2.75, 3.05) is 33.7 Å². The maximum atomic E-state index is 13.5. The lowest BCUT2D eigenvalue weighted by Gasteiger charge is -2.18. The van der Waals surface area contributed by atoms with Crippen molar-refractivity contribution in [2.45, 2.75) is 26.3 Å². The van der Waals surface area contributed by atoms with Gasteiger partial charge < -0.3 is 15.5 Å². The van der Waals surface area contributed by atoms with Gasteiger partial charge >= 0.3 is 0 Å². The van der Waals surface area contributed by atoms with Crippen molar-refractivity contribution in [2.24, 2.45) is 4.99 Å². The maximum Gasteiger partial charge on any atom is 0.191 e. The zero-order valence-corrected chi connectivity index (χ0v) is 16.4. The normalized spacial score (nSPS) is 11.3. The second-order valence-corrected chi connectivity index (χ2v) is 5.25. The predicted octanol–water partition coefficient (Wildman–Crippen LogP) is 2.98. The number of aliphatic imine (C=N–C) groups is 1. The van der Waals surface area contributed by atoms with Gasteiger partial charge in [-0.15, -0.1) is 24.0 Å². The minimum absolute atomic E-state index is 0. The summed E-state index contributed by atoms with van der Waals surface area (Å²) in [5.74, 6) is -0.296. The summed E-state index contributed by atoms with van der Waals surface area (Å²) in [6.07, 6.45) is 2.36. The second kappa shape index (κ2) is 12.5. The van der Waals surface area contributed by atoms with E-state index in [2.05, 4.69) is 34.5 Å². The van der Waals surface area contributed by atoms with Crippen LogP contribution in [0.15, 0.2) is 23.2 Å². The molecule has 0 saturated carbocycles. The van der Waals surface area contributed by atoms with Crippen LogP contribution >= 0.6 is 24.0 Å². The molecule has 0 aromatic heterocycles. The van der Waals surface area contributed by atoms with Crippen LogP contribution in [0.1, 0.15) is 25.3 Å². The van der Waals surface area contributed by atoms with Gasteiger partial charge in [-0.05, 0) is 38.2 Å². The Morgan fingerprint density at radius 3 is 2.61 bits per heavy atom. The highest BCUT2D eigenvalue weighted by Gasteiger charge is 2.05. The maximum absolute atomic E-state index is 13.5. The molecule has 2 N–H and O–H groups in total. The molecular formula is C16H27F2IN4. The Labute approximate surface area is 154 Å². The molecule has 23 heavy (non-hydrogen) atoms. The predicted molar refractivity (Wildman–Crippen MR) is 102 cm³/mol. The topological polar surface area (TPSA) is 39.7 Å². The summed E-state index contributed by atoms with van der Waals surface area (Å²) in [6, 6.07) is 3.43. The van der Waals surface area contributed by atoms with Crippen LogP contribution in [0.5, 0.6) is 0 Å². The van der Waals surface area contributed by atoms with Gasteiger partial charge in [0.15, 0.2) is 5.96 Å². The van der Waals surface area contributed by atoms with Crippen LogP contribution in [0.3, 0.4) is 0 Å². The van der Waals surface area contributed by atoms with Crippen molar-refractivity contribution in [3.63, 3.8) is 0 Å². The summed E-state index contributed by atoms with van der Waals surface area (Å²) < 4.78 is 26.6. The van der Waals surface area contributed by atoms with Gasteiger partial charge in [0, 0.05) is 32.2 Å². The summed E-state index contributed by atoms with van der Waals surface area (Å²) >= 11 is 0. The Balaban J connectivity index is 0.00000484. The Morgan fingerprint density at radius 1 is 1.22 bits per heavy atom. The third-order valence-corrected chi connectivity index (χ3v) is 3.36. The van der Waals surface area contributed by atoms with E-state index in [0.717, 1.165) is 31.8 Å². The Hall–Kier alpha value is -0.960. The molecule has 1 aromatic rings. The van der Waals surface area contributed by atoms with E-state index in [4.69, 9.17) is 0 Å². The largest absolute Gasteiger partial charge is 0.355 e. The molecule has 0 aliphatic heterocycles. The van der Waals surface area contributed by atoms with Crippen LogP contribution in [0.4, 0.5) is 8.78 Å². The first-order valence-corrected chi connectivity index (χ1v) is 7.63. The number of likely N-dealkylation sites (N-methyl/N-ethyl adjacent to an activating group) is 1. The molecule has 0 amide bonds. The first-order valence-electron chi connectivity index (χ1n) is 7.63. The summed E-state index contributed by atoms with van der Waals surface area (Å²) in [6.45, 7) is 5.07. The monoisotopic (exact) mass is 440 g/mol. The lowest BCUT2D eigenvalue weighted by molar-refractivity contribution is 0.332. The fraction of sp³-hybridized carbons (Fsp3) is 0.562. The van der Waals surface area contributed by atoms with Gasteiger partial charge in [0.05, 0.1) is 0 Å². The van der Waals surface area contributed by atoms with Crippen molar-refractivity contribution in [1.82, 2.24) is 15.5 Å². The zero-order chi connectivity index (χ0) is 16.4. The molecular weight excluding hydrogens is 413 g/mol. The average Bonchev–Trinajstić information content (AvgIpc) is 2.51. The minimum atomic E-state index is -0.446. The van der Waals surface area contributed by atoms with E-state index >= 15 is 0 Å². The van der Waals surface area contributed by atoms with Crippen molar-refractivity contribution < 1.29 is 8.78 Å². The van der Waals surface area contributed by atoms with Gasteiger partial charge in [0.2, 0.25) is 0 Å². The number of unbranched alkanes of at least 4 members (excludes halogenated alkanes) is 1. The van der Waals surface area contributed by atoms with Gasteiger partial charge in [-0.3, -0.25) is 4.99 Å². The number of benzene rings is 1. The van der Waals surface area contributed by atoms with E-state index in [1.165, 1.54) is 18.9 Å². The third kappa shape index (κ3) is 9.04. The zero-order valence-electron chi connectivity index (χ0n) is 14.0. The molecule has 4 nitrogen and oxygen atoms in total. The van der Waals surface area contributed by atoms with E-state index in [9.17, 15) is 8.78 Å². The molecule has 0 atom stereocenters. The number of nitrogens with one attached hydrogen (secondary N) is 2. The summed E-state index contributed by atoms with van der Waals surface area (Å²) in [5, 5.41) is 6.15. The highest BCUT2D eigenvalue weighted by Crippen LogP contribution is 2.08. The highest BCUT2D eigenvalue weighted by molar-refractivity contribution is 14.0. The summed E-state index contributed by atoms with van der Waals surface area (Å²) in [7, 11) is 3.73. The van der Waals surface area contributed by atoms with Crippen LogP contribution in [-0.2, 0) is 6.54 Å². The molecule has 0 aliphatic carbocycles. The summed E-state index contributed by atoms with van der Waals surface area (Å²) in [4.78, 5) is 6.32. The van der Waals surface area contributed by atoms with Crippen LogP contribution in [0.2, 0.25) is 0 Å². The number of hydrogen-bond acceptors (Lipinski definition) is 2. The van der Waals surface area contributed by atoms with E-state index < -0.39 is 11.6 Å². The Bertz CT molecular complexity index is 483. The van der Waals surface area contributed by atoms with Crippen molar-refractivity contribution in [3.8, 4) is 0 Å². The van der Waals surface area contributed by atoms with Crippen molar-refractivity contribution in [1.29, 1.82) is 0 Å². The Morgan fingerprint density at radius 2 is 1.96 bits per heavy atom. The van der Waals surface area contributed by atoms with Gasteiger partial charge in [-0.1, -0.05) is 13.3 Å². The lowest BCUT2D eigenvalue weighted by Crippen LogP contribution is -2.40. The number of halogens is 3. The molecule has 0 bridgehead atoms. The third-order valence-electron chi connectivity index (χ3n) is 3.36. The molecule has 0 heterocycles. The molecule has 1 aromatic carbocycles. The van der Waals surface area contributed by atoms with Crippen LogP contribution in [0.25, 0.3) is 0 Å². The van der Waals surface area contributed by atoms with Crippen molar-refractivity contribution >= 4 is 29.9 Å². The first kappa shape index (κ1) is 22.0. The number of hydrogen-bond donors (Lipinski definition) is 2. The van der Waals surface area contributed by atoms with E-state index in [0.29, 0.717) is 5.96 Å². The van der Waals surface area contributed by atoms with E-state index in [-0.39, 0.29) is 36.1 Å². The lowest BCUT2D eigenvalue weighted by atomic mass is 10.2. The van der Waals surface area contributed by atoms with Crippen molar-refractivity contribution in [3.05, 3.63) is 35.4 Å². The van der Waals surface area contributed by atoms with Crippen LogP contribution < -0.4 is 10.6 Å². The first-order chi connectivity index (χ1) is 10.6. The molecule has 0 saturated heterocycles. The SMILES string of the molecule is CCCCN(C)CCNC(=NC)NCc1cc(F)ccc1F.I. The molecule has 0 spiro atoms. The van der Waals surface area contributed by atoms with Gasteiger partial charge in [0.25, 0.3) is 0 Å². The van der Waals surface area contributed by atoms with Crippen LogP contribution in [-0.4, -0.2) is 44.6 Å². The molecule has 0 fully saturated rings. The highest BCUT2D eigenvalue weighted by atomic mass is 127. The van der Waals surface area contributed by atoms with E-state index in [1.807, 2.05) is 0 Å². The Kier molecular flexibility index (Phi) is 11.9. The van der Waals surface area contributed by atoms with Gasteiger partial charge in [-0.2, -0.15) is 0 Å². The number of rotatable bonds is 8. The number of nitrogens with zero attached hydrogens (tertiary/aromatic N) is 2. The molecule has 0 unspecified atom stereocenters. The smallest absolute Gasteiger partial charge is 0.191 e. The molecule has 132 valence electrons. The molecule has 7 heteroatoms. The minimum Gasteiger partial charge on any atom is -0.355 e. The molecule has 1 rings (SSSR count). The molecule has 0 radical (unpaired) electrons. The number of guanidine groups is 1. The fourth-order valence-corrected chi connectivity index (χ4v) is 1.98. The average molecular weight is 440 g/mol. The summed E-state index contributed by atoms with van der Waals surface area (Å²) in [5.41, 5.74) is 0.281. The van der Waals surface area contributed by atoms with Gasteiger partial charge in [0.1, 0.15) is 11.6 Å². The van der Waals surface area contributed by atoms with E-state index in [1.54, 1.807) is 7.05 Å². The second-order valence-electron chi connectivity index (χ2n) is 5.25. The van der Waals surface area contributed by atoms with Gasteiger partial charge in [-0.25, -0.2) is 8.78 Å². The standard InChI is InChI=1S/C16H26F2N4.HI/c1-4-5-9-22(3)10-8-20-16(19-2)21-12-13-11-14(17)6-7-15(13)18;/h6-7,11H,4-5,8-10,12H2,1-3H3,(H2,19,20,21);1H. The quantitative estimate of drug-likeness (QED) is 0.371. The fourth-order valence-electron chi connectivity index (χ4n) is 1.98.